The van der Waals surface area contributed by atoms with Gasteiger partial charge in [-0.05, 0) is 79.8 Å². The molecular weight excluding hydrogens is 1050 g/mol. The number of fused-ring (bicyclic) bond motifs is 1. The maximum absolute atomic E-state index is 14.9. The Morgan fingerprint density at radius 2 is 1.23 bits per heavy atom. The minimum atomic E-state index is -1.40. The summed E-state index contributed by atoms with van der Waals surface area (Å²) < 4.78 is 1.96. The van der Waals surface area contributed by atoms with Gasteiger partial charge in [0.2, 0.25) is 29.5 Å². The van der Waals surface area contributed by atoms with Crippen LogP contribution in [0, 0.1) is 6.92 Å². The van der Waals surface area contributed by atoms with Crippen molar-refractivity contribution in [3.8, 4) is 5.75 Å². The summed E-state index contributed by atoms with van der Waals surface area (Å²) in [6.45, 7) is 4.39. The van der Waals surface area contributed by atoms with Crippen molar-refractivity contribution in [1.29, 1.82) is 0 Å². The standard InChI is InChI=1S/C62H79N9O9S/c1-3-4-5-6-13-24-54(73)63-34-17-16-22-48(58(75)67-49(35-42-28-26-41(2)27-29-42)59(76)68-51(61(78)79)36-43-30-32-47(72)33-31-43)66-60(77)50(65-55(74)25-15-14-23-53-56-52(39-81-53)69-62(80)70-56)37-46-38-71(40-64-46)57(44-18-9-7-10-19-44)45-20-11-8-12-21-45/h7-12,18-21,26-33,38,40,48-53,56-57,72H,3-6,13-17,22-25,34-37,39H2,1-2H3,(H,63,73)(H,65,74)(H,66,77)(H,67,75)(H,68,76)(H,78,79)(H2,69,70,80)/t48-,49-,50-,51-,52-,53-,56-/m0/s1. The lowest BCUT2D eigenvalue weighted by atomic mass is 9.98. The largest absolute Gasteiger partial charge is 0.508 e. The summed E-state index contributed by atoms with van der Waals surface area (Å²) in [6.07, 6.45) is 12.0. The van der Waals surface area contributed by atoms with Crippen LogP contribution in [0.3, 0.4) is 0 Å². The average Bonchev–Trinajstić information content (AvgIpc) is 4.24. The molecule has 432 valence electrons. The first-order valence-electron chi connectivity index (χ1n) is 28.6. The number of unbranched alkanes of at least 4 members (excludes halogenated alkanes) is 6. The summed E-state index contributed by atoms with van der Waals surface area (Å²) in [5, 5.41) is 40.6. The van der Waals surface area contributed by atoms with E-state index in [0.29, 0.717) is 49.0 Å². The number of nitrogens with zero attached hydrogens (tertiary/aromatic N) is 2. The molecule has 0 aliphatic carbocycles. The number of aromatic nitrogens is 2. The maximum atomic E-state index is 14.9. The Kier molecular flexibility index (Phi) is 23.6. The SMILES string of the molecule is CCCCCCCC(=O)NCCCC[C@H](NC(=O)[C@H](Cc1cn(C(c2ccccc2)c2ccccc2)cn1)NC(=O)CCCC[C@@H]1SC[C@@H]2NC(=O)N[C@@H]21)C(=O)N[C@@H](Cc1ccc(C)cc1)C(=O)N[C@@H](Cc1ccc(O)cc1)C(=O)O. The molecule has 0 radical (unpaired) electrons. The van der Waals surface area contributed by atoms with Crippen LogP contribution in [0.25, 0.3) is 0 Å². The number of carbonyl (C=O) groups is 7. The van der Waals surface area contributed by atoms with Crippen LogP contribution in [0.1, 0.15) is 130 Å². The van der Waals surface area contributed by atoms with E-state index in [4.69, 9.17) is 4.98 Å². The number of thioether (sulfide) groups is 1. The highest BCUT2D eigenvalue weighted by Crippen LogP contribution is 2.33. The van der Waals surface area contributed by atoms with E-state index in [9.17, 15) is 43.8 Å². The minimum absolute atomic E-state index is 0.00130. The molecule has 3 heterocycles. The smallest absolute Gasteiger partial charge is 0.326 e. The van der Waals surface area contributed by atoms with Gasteiger partial charge in [0.1, 0.15) is 29.9 Å². The number of aromatic hydroxyl groups is 1. The van der Waals surface area contributed by atoms with Crippen LogP contribution >= 0.6 is 11.8 Å². The van der Waals surface area contributed by atoms with Gasteiger partial charge >= 0.3 is 12.0 Å². The lowest BCUT2D eigenvalue weighted by Crippen LogP contribution is -2.58. The first-order chi connectivity index (χ1) is 39.2. The number of amides is 7. The number of aliphatic carboxylic acids is 1. The van der Waals surface area contributed by atoms with Gasteiger partial charge < -0.3 is 52.0 Å². The third-order valence-corrected chi connectivity index (χ3v) is 16.4. The molecule has 0 saturated carbocycles. The first-order valence-corrected chi connectivity index (χ1v) is 29.6. The van der Waals surface area contributed by atoms with E-state index in [2.05, 4.69) is 44.1 Å². The molecule has 19 heteroatoms. The monoisotopic (exact) mass is 1130 g/mol. The number of rotatable bonds is 33. The highest BCUT2D eigenvalue weighted by atomic mass is 32.2. The average molecular weight is 1130 g/mol. The molecule has 2 aliphatic heterocycles. The van der Waals surface area contributed by atoms with E-state index in [1.165, 1.54) is 12.1 Å². The molecule has 9 N–H and O–H groups in total. The second-order valence-electron chi connectivity index (χ2n) is 21.3. The third-order valence-electron chi connectivity index (χ3n) is 14.9. The van der Waals surface area contributed by atoms with Crippen molar-refractivity contribution in [2.45, 2.75) is 164 Å². The van der Waals surface area contributed by atoms with Gasteiger partial charge in [0, 0.05) is 55.8 Å². The van der Waals surface area contributed by atoms with E-state index in [1.807, 2.05) is 103 Å². The summed E-state index contributed by atoms with van der Waals surface area (Å²) in [5.41, 5.74) is 4.72. The molecule has 0 spiro atoms. The van der Waals surface area contributed by atoms with Crippen molar-refractivity contribution < 1.29 is 43.8 Å². The molecule has 1 aromatic heterocycles. The van der Waals surface area contributed by atoms with Gasteiger partial charge in [-0.25, -0.2) is 14.6 Å². The van der Waals surface area contributed by atoms with Crippen molar-refractivity contribution in [3.63, 3.8) is 0 Å². The Labute approximate surface area is 479 Å². The van der Waals surface area contributed by atoms with E-state index in [1.54, 1.807) is 30.2 Å². The van der Waals surface area contributed by atoms with Crippen LogP contribution in [0.5, 0.6) is 5.75 Å². The van der Waals surface area contributed by atoms with Gasteiger partial charge in [-0.2, -0.15) is 11.8 Å². The predicted molar refractivity (Wildman–Crippen MR) is 312 cm³/mol. The summed E-state index contributed by atoms with van der Waals surface area (Å²) in [7, 11) is 0. The zero-order valence-corrected chi connectivity index (χ0v) is 47.3. The zero-order chi connectivity index (χ0) is 57.5. The quantitative estimate of drug-likeness (QED) is 0.0153. The van der Waals surface area contributed by atoms with Crippen LogP contribution in [-0.4, -0.2) is 115 Å². The normalized spacial score (nSPS) is 16.9. The van der Waals surface area contributed by atoms with Crippen LogP contribution in [0.2, 0.25) is 0 Å². The molecule has 4 aromatic carbocycles. The van der Waals surface area contributed by atoms with E-state index >= 15 is 0 Å². The van der Waals surface area contributed by atoms with Crippen LogP contribution in [0.15, 0.2) is 122 Å². The predicted octanol–water partition coefficient (Wildman–Crippen LogP) is 6.96. The number of urea groups is 1. The molecule has 81 heavy (non-hydrogen) atoms. The number of imidazole rings is 1. The van der Waals surface area contributed by atoms with Crippen molar-refractivity contribution in [1.82, 2.24) is 46.8 Å². The molecule has 5 aromatic rings. The number of carbonyl (C=O) groups excluding carboxylic acids is 6. The molecule has 7 rings (SSSR count). The van der Waals surface area contributed by atoms with E-state index < -0.39 is 47.9 Å². The fraction of sp³-hybridized carbons (Fsp3) is 0.452. The lowest BCUT2D eigenvalue weighted by molar-refractivity contribution is -0.142. The van der Waals surface area contributed by atoms with E-state index in [-0.39, 0.29) is 79.1 Å². The number of nitrogens with one attached hydrogen (secondary N) is 7. The Morgan fingerprint density at radius 1 is 0.654 bits per heavy atom. The minimum Gasteiger partial charge on any atom is -0.508 e. The number of carboxylic acids is 1. The van der Waals surface area contributed by atoms with Gasteiger partial charge in [0.15, 0.2) is 0 Å². The number of hydrogen-bond donors (Lipinski definition) is 9. The number of hydrogen-bond acceptors (Lipinski definition) is 10. The summed E-state index contributed by atoms with van der Waals surface area (Å²) in [5.74, 6) is -3.05. The molecule has 7 amide bonds. The van der Waals surface area contributed by atoms with Crippen LogP contribution in [0.4, 0.5) is 4.79 Å². The summed E-state index contributed by atoms with van der Waals surface area (Å²) >= 11 is 1.80. The Bertz CT molecular complexity index is 2800. The number of phenolic OH excluding ortho intramolecular Hbond substituents is 1. The molecular formula is C62H79N9O9S. The number of carboxylic acid groups (broad SMARTS) is 1. The van der Waals surface area contributed by atoms with Crippen LogP contribution < -0.4 is 37.2 Å². The highest BCUT2D eigenvalue weighted by Gasteiger charge is 2.42. The van der Waals surface area contributed by atoms with Crippen molar-refractivity contribution in [3.05, 3.63) is 155 Å². The molecule has 2 fully saturated rings. The summed E-state index contributed by atoms with van der Waals surface area (Å²) in [4.78, 5) is 100. The van der Waals surface area contributed by atoms with E-state index in [0.717, 1.165) is 67.4 Å². The number of phenols is 1. The lowest BCUT2D eigenvalue weighted by Gasteiger charge is -2.26. The first kappa shape index (κ1) is 61.0. The van der Waals surface area contributed by atoms with Crippen molar-refractivity contribution in [2.24, 2.45) is 0 Å². The van der Waals surface area contributed by atoms with Gasteiger partial charge in [0.05, 0.1) is 30.1 Å². The third kappa shape index (κ3) is 19.2. The summed E-state index contributed by atoms with van der Waals surface area (Å²) in [6, 6.07) is 27.8. The molecule has 2 aliphatic rings. The highest BCUT2D eigenvalue weighted by molar-refractivity contribution is 8.00. The van der Waals surface area contributed by atoms with Gasteiger partial charge in [0.25, 0.3) is 0 Å². The fourth-order valence-electron chi connectivity index (χ4n) is 10.4. The fourth-order valence-corrected chi connectivity index (χ4v) is 11.9. The Balaban J connectivity index is 1.11. The topological polar surface area (TPSA) is 262 Å². The maximum Gasteiger partial charge on any atom is 0.326 e. The van der Waals surface area contributed by atoms with Crippen molar-refractivity contribution in [2.75, 3.05) is 12.3 Å². The molecule has 0 bridgehead atoms. The molecule has 2 saturated heterocycles. The second-order valence-corrected chi connectivity index (χ2v) is 22.6. The number of benzene rings is 4. The second kappa shape index (κ2) is 31.4. The zero-order valence-electron chi connectivity index (χ0n) is 46.4. The van der Waals surface area contributed by atoms with Crippen molar-refractivity contribution >= 4 is 53.3 Å². The molecule has 7 atom stereocenters. The Morgan fingerprint density at radius 3 is 1.90 bits per heavy atom. The van der Waals surface area contributed by atoms with Gasteiger partial charge in [-0.15, -0.1) is 0 Å². The number of aryl methyl sites for hydroxylation is 1. The molecule has 18 nitrogen and oxygen atoms in total. The Hall–Kier alpha value is -7.67. The van der Waals surface area contributed by atoms with Crippen LogP contribution in [-0.2, 0) is 48.0 Å². The van der Waals surface area contributed by atoms with Gasteiger partial charge in [-0.3, -0.25) is 24.0 Å². The molecule has 0 unspecified atom stereocenters. The van der Waals surface area contributed by atoms with Gasteiger partial charge in [-0.1, -0.05) is 142 Å².